The monoisotopic (exact) mass is 365 g/mol. The summed E-state index contributed by atoms with van der Waals surface area (Å²) in [5.41, 5.74) is 6.65. The molecule has 0 amide bonds. The Morgan fingerprint density at radius 2 is 1.43 bits per heavy atom. The highest BCUT2D eigenvalue weighted by Crippen LogP contribution is 2.36. The lowest BCUT2D eigenvalue weighted by Gasteiger charge is -2.14. The van der Waals surface area contributed by atoms with E-state index in [2.05, 4.69) is 66.1 Å². The van der Waals surface area contributed by atoms with E-state index in [0.717, 1.165) is 45.0 Å². The Kier molecular flexibility index (Phi) is 3.98. The third kappa shape index (κ3) is 2.61. The first-order valence-corrected chi connectivity index (χ1v) is 9.63. The Morgan fingerprint density at radius 1 is 0.714 bits per heavy atom. The van der Waals surface area contributed by atoms with Crippen LogP contribution in [-0.4, -0.2) is 4.57 Å². The first-order chi connectivity index (χ1) is 13.8. The number of hydrogen-bond acceptors (Lipinski definition) is 0. The molecule has 2 heteroatoms. The molecule has 1 nitrogen and oxygen atoms in total. The number of aryl methyl sites for hydroxylation is 1. The molecule has 0 saturated heterocycles. The number of nitrogens with zero attached hydrogens (tertiary/aromatic N) is 1. The van der Waals surface area contributed by atoms with Gasteiger partial charge in [0.05, 0.1) is 16.7 Å². The number of fused-ring (bicyclic) bond motifs is 3. The van der Waals surface area contributed by atoms with Gasteiger partial charge >= 0.3 is 0 Å². The predicted molar refractivity (Wildman–Crippen MR) is 116 cm³/mol. The molecule has 0 aliphatic carbocycles. The highest BCUT2D eigenvalue weighted by atomic mass is 19.1. The third-order valence-corrected chi connectivity index (χ3v) is 5.45. The Labute approximate surface area is 163 Å². The number of para-hydroxylation sites is 2. The normalized spacial score (nSPS) is 11.4. The van der Waals surface area contributed by atoms with Crippen LogP contribution in [0, 0.1) is 5.82 Å². The molecule has 136 valence electrons. The third-order valence-electron chi connectivity index (χ3n) is 5.45. The molecule has 0 unspecified atom stereocenters. The molecule has 0 aliphatic rings. The van der Waals surface area contributed by atoms with Crippen molar-refractivity contribution in [1.29, 1.82) is 0 Å². The summed E-state index contributed by atoms with van der Waals surface area (Å²) in [5, 5.41) is 2.20. The van der Waals surface area contributed by atoms with Crippen LogP contribution in [0.4, 0.5) is 4.39 Å². The van der Waals surface area contributed by atoms with E-state index in [0.29, 0.717) is 0 Å². The van der Waals surface area contributed by atoms with Crippen LogP contribution < -0.4 is 0 Å². The molecular weight excluding hydrogens is 345 g/mol. The Morgan fingerprint density at radius 3 is 2.25 bits per heavy atom. The summed E-state index contributed by atoms with van der Waals surface area (Å²) >= 11 is 0. The molecule has 28 heavy (non-hydrogen) atoms. The predicted octanol–water partition coefficient (Wildman–Crippen LogP) is 7.15. The maximum absolute atomic E-state index is 14.2. The van der Waals surface area contributed by atoms with Crippen LogP contribution in [0.25, 0.3) is 38.6 Å². The van der Waals surface area contributed by atoms with Crippen molar-refractivity contribution in [2.24, 2.45) is 0 Å². The molecule has 4 aromatic carbocycles. The molecule has 0 saturated carbocycles. The van der Waals surface area contributed by atoms with Crippen molar-refractivity contribution >= 4 is 21.8 Å². The molecule has 5 aromatic rings. The minimum atomic E-state index is -0.221. The quantitative estimate of drug-likeness (QED) is 0.320. The van der Waals surface area contributed by atoms with Gasteiger partial charge in [0.1, 0.15) is 5.82 Å². The van der Waals surface area contributed by atoms with E-state index in [1.54, 1.807) is 6.07 Å². The SMILES string of the molecule is CCc1ccc(-c2ccccc2-n2c3ccccc3c3ccc(F)cc32)cc1. The highest BCUT2D eigenvalue weighted by molar-refractivity contribution is 6.09. The van der Waals surface area contributed by atoms with E-state index < -0.39 is 0 Å². The smallest absolute Gasteiger partial charge is 0.125 e. The average Bonchev–Trinajstić information content (AvgIpc) is 3.07. The number of benzene rings is 4. The van der Waals surface area contributed by atoms with Gasteiger partial charge in [0.2, 0.25) is 0 Å². The van der Waals surface area contributed by atoms with Gasteiger partial charge < -0.3 is 4.57 Å². The van der Waals surface area contributed by atoms with Crippen molar-refractivity contribution in [2.45, 2.75) is 13.3 Å². The molecule has 5 rings (SSSR count). The molecule has 0 N–H and O–H groups in total. The van der Waals surface area contributed by atoms with E-state index in [1.165, 1.54) is 11.6 Å². The zero-order valence-electron chi connectivity index (χ0n) is 15.7. The van der Waals surface area contributed by atoms with Crippen molar-refractivity contribution in [2.75, 3.05) is 0 Å². The number of rotatable bonds is 3. The Balaban J connectivity index is 1.84. The zero-order valence-corrected chi connectivity index (χ0v) is 15.7. The molecule has 0 fully saturated rings. The molecule has 1 heterocycles. The summed E-state index contributed by atoms with van der Waals surface area (Å²) in [7, 11) is 0. The fourth-order valence-electron chi connectivity index (χ4n) is 4.04. The highest BCUT2D eigenvalue weighted by Gasteiger charge is 2.15. The number of aromatic nitrogens is 1. The summed E-state index contributed by atoms with van der Waals surface area (Å²) in [6.45, 7) is 2.16. The lowest BCUT2D eigenvalue weighted by molar-refractivity contribution is 0.629. The second-order valence-electron chi connectivity index (χ2n) is 7.08. The van der Waals surface area contributed by atoms with Gasteiger partial charge in [-0.15, -0.1) is 0 Å². The number of hydrogen-bond donors (Lipinski definition) is 0. The van der Waals surface area contributed by atoms with E-state index in [1.807, 2.05) is 24.3 Å². The zero-order chi connectivity index (χ0) is 19.1. The maximum Gasteiger partial charge on any atom is 0.125 e. The summed E-state index contributed by atoms with van der Waals surface area (Å²) < 4.78 is 16.3. The summed E-state index contributed by atoms with van der Waals surface area (Å²) in [6.07, 6.45) is 1.02. The van der Waals surface area contributed by atoms with Crippen LogP contribution in [0.2, 0.25) is 0 Å². The summed E-state index contributed by atoms with van der Waals surface area (Å²) in [6, 6.07) is 30.4. The maximum atomic E-state index is 14.2. The number of halogens is 1. The van der Waals surface area contributed by atoms with Crippen molar-refractivity contribution < 1.29 is 4.39 Å². The van der Waals surface area contributed by atoms with Gasteiger partial charge in [-0.1, -0.05) is 67.6 Å². The van der Waals surface area contributed by atoms with Crippen LogP contribution in [0.15, 0.2) is 91.0 Å². The first kappa shape index (κ1) is 16.8. The van der Waals surface area contributed by atoms with E-state index >= 15 is 0 Å². The van der Waals surface area contributed by atoms with Crippen molar-refractivity contribution in [3.05, 3.63) is 102 Å². The summed E-state index contributed by atoms with van der Waals surface area (Å²) in [5.74, 6) is -0.221. The standard InChI is InChI=1S/C26H20FN/c1-2-18-11-13-19(14-12-18)21-7-3-5-9-24(21)28-25-10-6-4-8-22(25)23-16-15-20(27)17-26(23)28/h3-17H,2H2,1H3. The van der Waals surface area contributed by atoms with Crippen molar-refractivity contribution in [3.8, 4) is 16.8 Å². The molecule has 0 spiro atoms. The molecule has 1 aromatic heterocycles. The van der Waals surface area contributed by atoms with E-state index in [4.69, 9.17) is 0 Å². The van der Waals surface area contributed by atoms with Gasteiger partial charge in [0.15, 0.2) is 0 Å². The topological polar surface area (TPSA) is 4.93 Å². The van der Waals surface area contributed by atoms with Crippen LogP contribution in [-0.2, 0) is 6.42 Å². The molecule has 0 aliphatic heterocycles. The van der Waals surface area contributed by atoms with Crippen LogP contribution >= 0.6 is 0 Å². The van der Waals surface area contributed by atoms with Gasteiger partial charge in [-0.2, -0.15) is 0 Å². The summed E-state index contributed by atoms with van der Waals surface area (Å²) in [4.78, 5) is 0. The second-order valence-corrected chi connectivity index (χ2v) is 7.08. The Hall–Kier alpha value is -3.39. The van der Waals surface area contributed by atoms with Crippen molar-refractivity contribution in [3.63, 3.8) is 0 Å². The van der Waals surface area contributed by atoms with E-state index in [9.17, 15) is 4.39 Å². The fourth-order valence-corrected chi connectivity index (χ4v) is 4.04. The van der Waals surface area contributed by atoms with Crippen LogP contribution in [0.5, 0.6) is 0 Å². The first-order valence-electron chi connectivity index (χ1n) is 9.63. The minimum Gasteiger partial charge on any atom is -0.309 e. The molecule has 0 radical (unpaired) electrons. The van der Waals surface area contributed by atoms with Gasteiger partial charge in [0, 0.05) is 16.3 Å². The average molecular weight is 365 g/mol. The van der Waals surface area contributed by atoms with Gasteiger partial charge in [0.25, 0.3) is 0 Å². The lowest BCUT2D eigenvalue weighted by Crippen LogP contribution is -1.97. The minimum absolute atomic E-state index is 0.221. The fraction of sp³-hybridized carbons (Fsp3) is 0.0769. The van der Waals surface area contributed by atoms with Crippen LogP contribution in [0.3, 0.4) is 0 Å². The van der Waals surface area contributed by atoms with Gasteiger partial charge in [-0.3, -0.25) is 0 Å². The second kappa shape index (κ2) is 6.65. The van der Waals surface area contributed by atoms with Gasteiger partial charge in [-0.25, -0.2) is 4.39 Å². The molecule has 0 atom stereocenters. The lowest BCUT2D eigenvalue weighted by atomic mass is 10.0. The van der Waals surface area contributed by atoms with E-state index in [-0.39, 0.29) is 5.82 Å². The molecular formula is C26H20FN. The van der Waals surface area contributed by atoms with Crippen molar-refractivity contribution in [1.82, 2.24) is 4.57 Å². The Bertz CT molecular complexity index is 1300. The largest absolute Gasteiger partial charge is 0.309 e. The van der Waals surface area contributed by atoms with Crippen LogP contribution in [0.1, 0.15) is 12.5 Å². The molecule has 0 bridgehead atoms. The van der Waals surface area contributed by atoms with Gasteiger partial charge in [-0.05, 0) is 47.9 Å².